The van der Waals surface area contributed by atoms with Gasteiger partial charge in [0, 0.05) is 19.8 Å². The molecule has 1 aliphatic rings. The van der Waals surface area contributed by atoms with Gasteiger partial charge in [0.05, 0.1) is 0 Å². The first-order chi connectivity index (χ1) is 7.95. The van der Waals surface area contributed by atoms with Gasteiger partial charge in [-0.3, -0.25) is 4.90 Å². The van der Waals surface area contributed by atoms with E-state index < -0.39 is 12.2 Å². The molecule has 0 bridgehead atoms. The summed E-state index contributed by atoms with van der Waals surface area (Å²) in [6.45, 7) is 1.84. The first-order valence-corrected chi connectivity index (χ1v) is 6.00. The normalized spacial score (nSPS) is 20.8. The summed E-state index contributed by atoms with van der Waals surface area (Å²) in [7, 11) is 1.53. The van der Waals surface area contributed by atoms with Crippen molar-refractivity contribution in [2.45, 2.75) is 31.5 Å². The van der Waals surface area contributed by atoms with Crippen molar-refractivity contribution in [3.05, 3.63) is 0 Å². The van der Waals surface area contributed by atoms with Crippen molar-refractivity contribution in [2.24, 2.45) is 11.7 Å². The summed E-state index contributed by atoms with van der Waals surface area (Å²) in [6.07, 6.45) is -2.54. The predicted octanol–water partition coefficient (Wildman–Crippen LogP) is 1.62. The third-order valence-corrected chi connectivity index (χ3v) is 3.24. The van der Waals surface area contributed by atoms with E-state index in [-0.39, 0.29) is 13.0 Å². The molecule has 0 radical (unpaired) electrons. The second kappa shape index (κ2) is 6.56. The van der Waals surface area contributed by atoms with Crippen LogP contribution in [0.25, 0.3) is 0 Å². The van der Waals surface area contributed by atoms with E-state index in [9.17, 15) is 13.2 Å². The Balaban J connectivity index is 2.48. The Bertz CT molecular complexity index is 217. The molecule has 3 nitrogen and oxygen atoms in total. The van der Waals surface area contributed by atoms with Crippen LogP contribution in [0, 0.1) is 5.92 Å². The van der Waals surface area contributed by atoms with Gasteiger partial charge < -0.3 is 10.5 Å². The number of nitrogens with two attached hydrogens (primary N) is 1. The maximum absolute atomic E-state index is 12.8. The number of nitrogens with zero attached hydrogens (tertiary/aromatic N) is 1. The Morgan fingerprint density at radius 1 is 1.35 bits per heavy atom. The van der Waals surface area contributed by atoms with E-state index in [1.807, 2.05) is 0 Å². The highest BCUT2D eigenvalue weighted by atomic mass is 19.4. The van der Waals surface area contributed by atoms with E-state index in [2.05, 4.69) is 0 Å². The number of hydrogen-bond acceptors (Lipinski definition) is 3. The predicted molar refractivity (Wildman–Crippen MR) is 59.7 cm³/mol. The van der Waals surface area contributed by atoms with Crippen LogP contribution in [0.15, 0.2) is 0 Å². The molecular weight excluding hydrogens is 233 g/mol. The first kappa shape index (κ1) is 14.7. The lowest BCUT2D eigenvalue weighted by Gasteiger charge is -2.33. The topological polar surface area (TPSA) is 38.5 Å². The molecule has 17 heavy (non-hydrogen) atoms. The summed E-state index contributed by atoms with van der Waals surface area (Å²) in [5.41, 5.74) is 5.25. The van der Waals surface area contributed by atoms with E-state index in [1.165, 1.54) is 11.9 Å². The highest BCUT2D eigenvalue weighted by molar-refractivity contribution is 4.79. The first-order valence-electron chi connectivity index (χ1n) is 6.00. The van der Waals surface area contributed by atoms with Crippen molar-refractivity contribution in [1.82, 2.24) is 4.90 Å². The van der Waals surface area contributed by atoms with Crippen LogP contribution in [0.3, 0.4) is 0 Å². The molecule has 1 fully saturated rings. The van der Waals surface area contributed by atoms with Crippen LogP contribution in [0.4, 0.5) is 13.2 Å². The number of alkyl halides is 3. The molecule has 1 rings (SSSR count). The summed E-state index contributed by atoms with van der Waals surface area (Å²) < 4.78 is 43.6. The Hall–Kier alpha value is -0.330. The zero-order chi connectivity index (χ0) is 12.9. The maximum atomic E-state index is 12.8. The molecule has 102 valence electrons. The zero-order valence-electron chi connectivity index (χ0n) is 10.2. The van der Waals surface area contributed by atoms with Gasteiger partial charge in [-0.05, 0) is 38.8 Å². The van der Waals surface area contributed by atoms with Crippen molar-refractivity contribution in [1.29, 1.82) is 0 Å². The van der Waals surface area contributed by atoms with E-state index in [0.29, 0.717) is 25.7 Å². The highest BCUT2D eigenvalue weighted by Gasteiger charge is 2.41. The molecule has 1 saturated heterocycles. The van der Waals surface area contributed by atoms with Crippen molar-refractivity contribution < 1.29 is 17.9 Å². The van der Waals surface area contributed by atoms with Crippen LogP contribution in [0.5, 0.6) is 0 Å². The molecular formula is C11H21F3N2O. The summed E-state index contributed by atoms with van der Waals surface area (Å²) >= 11 is 0. The fourth-order valence-electron chi connectivity index (χ4n) is 2.26. The Morgan fingerprint density at radius 3 is 2.41 bits per heavy atom. The summed E-state index contributed by atoms with van der Waals surface area (Å²) in [6, 6.07) is -1.42. The molecule has 0 amide bonds. The monoisotopic (exact) mass is 254 g/mol. The fraction of sp³-hybridized carbons (Fsp3) is 1.00. The third kappa shape index (κ3) is 4.81. The molecule has 0 spiro atoms. The van der Waals surface area contributed by atoms with Crippen LogP contribution in [0.2, 0.25) is 0 Å². The third-order valence-electron chi connectivity index (χ3n) is 3.24. The minimum absolute atomic E-state index is 0.0385. The van der Waals surface area contributed by atoms with Gasteiger partial charge in [0.1, 0.15) is 6.04 Å². The molecule has 1 aliphatic heterocycles. The standard InChI is InChI=1S/C11H21F3N2O/c1-16(8-9-3-6-17-7-4-9)10(2-5-15)11(12,13)14/h9-10H,2-8,15H2,1H3. The van der Waals surface area contributed by atoms with Gasteiger partial charge in [0.2, 0.25) is 0 Å². The molecule has 0 aromatic carbocycles. The van der Waals surface area contributed by atoms with Crippen LogP contribution in [-0.2, 0) is 4.74 Å². The van der Waals surface area contributed by atoms with Gasteiger partial charge in [-0.2, -0.15) is 13.2 Å². The minimum Gasteiger partial charge on any atom is -0.381 e. The van der Waals surface area contributed by atoms with E-state index >= 15 is 0 Å². The van der Waals surface area contributed by atoms with Crippen molar-refractivity contribution in [3.63, 3.8) is 0 Å². The Kier molecular flexibility index (Phi) is 5.69. The van der Waals surface area contributed by atoms with Gasteiger partial charge in [-0.1, -0.05) is 0 Å². The van der Waals surface area contributed by atoms with Crippen LogP contribution in [-0.4, -0.2) is 50.5 Å². The fourth-order valence-corrected chi connectivity index (χ4v) is 2.26. The van der Waals surface area contributed by atoms with Crippen molar-refractivity contribution >= 4 is 0 Å². The summed E-state index contributed by atoms with van der Waals surface area (Å²) in [4.78, 5) is 1.39. The lowest BCUT2D eigenvalue weighted by molar-refractivity contribution is -0.183. The minimum atomic E-state index is -4.20. The Labute approximate surface area is 100 Å². The Morgan fingerprint density at radius 2 is 1.94 bits per heavy atom. The quantitative estimate of drug-likeness (QED) is 0.810. The average Bonchev–Trinajstić information content (AvgIpc) is 2.25. The smallest absolute Gasteiger partial charge is 0.381 e. The molecule has 0 aromatic heterocycles. The van der Waals surface area contributed by atoms with Gasteiger partial charge in [0.15, 0.2) is 0 Å². The van der Waals surface area contributed by atoms with E-state index in [4.69, 9.17) is 10.5 Å². The molecule has 1 unspecified atom stereocenters. The van der Waals surface area contributed by atoms with Gasteiger partial charge in [-0.25, -0.2) is 0 Å². The number of ether oxygens (including phenoxy) is 1. The van der Waals surface area contributed by atoms with Crippen LogP contribution >= 0.6 is 0 Å². The van der Waals surface area contributed by atoms with Crippen molar-refractivity contribution in [3.8, 4) is 0 Å². The lowest BCUT2D eigenvalue weighted by atomic mass is 9.98. The molecule has 1 heterocycles. The maximum Gasteiger partial charge on any atom is 0.404 e. The van der Waals surface area contributed by atoms with Crippen molar-refractivity contribution in [2.75, 3.05) is 33.4 Å². The summed E-state index contributed by atoms with van der Waals surface area (Å²) in [5, 5.41) is 0. The second-order valence-electron chi connectivity index (χ2n) is 4.63. The molecule has 6 heteroatoms. The SMILES string of the molecule is CN(CC1CCOCC1)C(CCN)C(F)(F)F. The molecule has 2 N–H and O–H groups in total. The molecule has 0 aromatic rings. The van der Waals surface area contributed by atoms with Crippen LogP contribution in [0.1, 0.15) is 19.3 Å². The van der Waals surface area contributed by atoms with Crippen LogP contribution < -0.4 is 5.73 Å². The van der Waals surface area contributed by atoms with Gasteiger partial charge in [-0.15, -0.1) is 0 Å². The zero-order valence-corrected chi connectivity index (χ0v) is 10.2. The largest absolute Gasteiger partial charge is 0.404 e. The van der Waals surface area contributed by atoms with Gasteiger partial charge in [0.25, 0.3) is 0 Å². The average molecular weight is 254 g/mol. The molecule has 1 atom stereocenters. The molecule has 0 saturated carbocycles. The second-order valence-corrected chi connectivity index (χ2v) is 4.63. The lowest BCUT2D eigenvalue weighted by Crippen LogP contribution is -2.47. The number of rotatable bonds is 5. The summed E-state index contributed by atoms with van der Waals surface area (Å²) in [5.74, 6) is 0.302. The number of hydrogen-bond donors (Lipinski definition) is 1. The number of halogens is 3. The molecule has 0 aliphatic carbocycles. The van der Waals surface area contributed by atoms with E-state index in [0.717, 1.165) is 12.8 Å². The highest BCUT2D eigenvalue weighted by Crippen LogP contribution is 2.27. The van der Waals surface area contributed by atoms with Gasteiger partial charge >= 0.3 is 6.18 Å². The van der Waals surface area contributed by atoms with E-state index in [1.54, 1.807) is 0 Å².